The monoisotopic (exact) mass is 796 g/mol. The Morgan fingerprint density at radius 3 is 2.00 bits per heavy atom. The third kappa shape index (κ3) is 19.2. The van der Waals surface area contributed by atoms with Crippen molar-refractivity contribution in [3.05, 3.63) is 59.8 Å². The van der Waals surface area contributed by atoms with Crippen LogP contribution in [-0.2, 0) is 46.7 Å². The summed E-state index contributed by atoms with van der Waals surface area (Å²) in [6.07, 6.45) is 14.2. The number of hydrogen-bond donors (Lipinski definition) is 1. The molecule has 0 aromatic heterocycles. The lowest BCUT2D eigenvalue weighted by molar-refractivity contribution is -0.144. The Hall–Kier alpha value is -2.73. The van der Waals surface area contributed by atoms with Gasteiger partial charge in [0.15, 0.2) is 0 Å². The van der Waals surface area contributed by atoms with Gasteiger partial charge in [-0.3, -0.25) is 9.36 Å². The highest BCUT2D eigenvalue weighted by Crippen LogP contribution is 2.46. The largest absolute Gasteiger partial charge is 0.463 e. The Kier molecular flexibility index (Phi) is 25.6. The van der Waals surface area contributed by atoms with Crippen LogP contribution in [-0.4, -0.2) is 82.7 Å². The maximum atomic E-state index is 12.9. The first-order valence-electron chi connectivity index (χ1n) is 19.1. The number of ketones is 1. The van der Waals surface area contributed by atoms with E-state index in [-0.39, 0.29) is 47.5 Å². The van der Waals surface area contributed by atoms with Crippen molar-refractivity contribution in [2.45, 2.75) is 143 Å². The van der Waals surface area contributed by atoms with E-state index in [4.69, 9.17) is 22.9 Å². The zero-order valence-electron chi connectivity index (χ0n) is 34.9. The fraction of sp³-hybridized carbons (Fsp3) is 0.659. The molecule has 0 aliphatic carbocycles. The summed E-state index contributed by atoms with van der Waals surface area (Å²) < 4.78 is 39.2. The average Bonchev–Trinajstić information content (AvgIpc) is 3.10. The number of esters is 2. The van der Waals surface area contributed by atoms with Crippen LogP contribution in [0.15, 0.2) is 59.8 Å². The number of unbranched alkanes of at least 4 members (excludes halogenated alkanes) is 1. The first-order valence-corrected chi connectivity index (χ1v) is 22.9. The summed E-state index contributed by atoms with van der Waals surface area (Å²) >= 11 is 0. The summed E-state index contributed by atoms with van der Waals surface area (Å²) in [5.41, 5.74) is 2.62. The molecule has 0 unspecified atom stereocenters. The van der Waals surface area contributed by atoms with Crippen LogP contribution >= 0.6 is 7.60 Å². The number of hydrogen-bond acceptors (Lipinski definition) is 11. The highest BCUT2D eigenvalue weighted by Gasteiger charge is 2.47. The lowest BCUT2D eigenvalue weighted by atomic mass is 9.95. The van der Waals surface area contributed by atoms with Gasteiger partial charge in [0.1, 0.15) is 30.4 Å². The molecule has 4 atom stereocenters. The minimum absolute atomic E-state index is 0.164. The van der Waals surface area contributed by atoms with E-state index in [1.807, 2.05) is 45.1 Å². The number of aliphatic hydroxyl groups excluding tert-OH is 1. The molecule has 0 radical (unpaired) electrons. The second-order valence-electron chi connectivity index (χ2n) is 14.6. The SMILES string of the molecule is CCOC(=O)/C=C/C(C)=C/[C@H](C)[C@H](C/C(C)=C/C=C/CC[C@@H](O)[C@@H](C=O)O[Si](C(C)C)(C(C)C)C(C)C)OC(=O)/C=C/CCCC(=O)CP(=O)(OC)OC. The van der Waals surface area contributed by atoms with Gasteiger partial charge in [0.25, 0.3) is 0 Å². The Balaban J connectivity index is 5.66. The van der Waals surface area contributed by atoms with Crippen molar-refractivity contribution >= 4 is 39.9 Å². The molecule has 0 saturated carbocycles. The number of carbonyl (C=O) groups excluding carboxylic acids is 4. The van der Waals surface area contributed by atoms with E-state index in [9.17, 15) is 28.8 Å². The standard InChI is InChI=1S/C41H69O11PSi/c1-13-50-40(45)25-24-34(9)26-35(10)38(51-41(46)23-19-15-17-21-36(43)29-53(47,48-11)49-12)27-33(8)20-16-14-18-22-37(44)39(28-42)52-54(30(2)3,31(4)5)32(6)7/h14,16,19-20,23-26,28,30-32,35,37-39,44H,13,15,17-18,21-22,27,29H2,1-12H3/b16-14+,23-19+,25-24+,33-20+,34-26+/t35-,37+,38-,39+/m0/s1. The molecular formula is C41H69O11PSi. The number of aliphatic hydroxyl groups is 1. The van der Waals surface area contributed by atoms with Gasteiger partial charge in [0.05, 0.1) is 12.7 Å². The summed E-state index contributed by atoms with van der Waals surface area (Å²) in [5.74, 6) is -1.44. The quantitative estimate of drug-likeness (QED) is 0.0153. The molecule has 1 N–H and O–H groups in total. The minimum atomic E-state index is -3.41. The highest BCUT2D eigenvalue weighted by molar-refractivity contribution is 7.54. The second kappa shape index (κ2) is 27.0. The van der Waals surface area contributed by atoms with Crippen LogP contribution in [0.3, 0.4) is 0 Å². The normalized spacial score (nSPS) is 15.8. The van der Waals surface area contributed by atoms with Crippen molar-refractivity contribution in [2.75, 3.05) is 27.0 Å². The van der Waals surface area contributed by atoms with E-state index in [0.717, 1.165) is 17.4 Å². The zero-order chi connectivity index (χ0) is 41.5. The van der Waals surface area contributed by atoms with Crippen LogP contribution < -0.4 is 0 Å². The number of aldehydes is 1. The topological polar surface area (TPSA) is 152 Å². The van der Waals surface area contributed by atoms with Gasteiger partial charge in [-0.05, 0) is 63.1 Å². The predicted molar refractivity (Wildman–Crippen MR) is 218 cm³/mol. The van der Waals surface area contributed by atoms with E-state index in [0.29, 0.717) is 32.1 Å². The van der Waals surface area contributed by atoms with Crippen molar-refractivity contribution < 1.29 is 51.8 Å². The van der Waals surface area contributed by atoms with Crippen LogP contribution in [0.25, 0.3) is 0 Å². The van der Waals surface area contributed by atoms with Gasteiger partial charge in [-0.2, -0.15) is 0 Å². The average molecular weight is 797 g/mol. The third-order valence-electron chi connectivity index (χ3n) is 9.39. The Labute approximate surface area is 326 Å². The summed E-state index contributed by atoms with van der Waals surface area (Å²) in [5, 5.41) is 10.9. The summed E-state index contributed by atoms with van der Waals surface area (Å²) in [6.45, 7) is 20.6. The summed E-state index contributed by atoms with van der Waals surface area (Å²) in [7, 11) is -3.28. The molecule has 308 valence electrons. The van der Waals surface area contributed by atoms with E-state index < -0.39 is 46.2 Å². The van der Waals surface area contributed by atoms with Crippen LogP contribution in [0.4, 0.5) is 0 Å². The van der Waals surface area contributed by atoms with Crippen molar-refractivity contribution in [1.29, 1.82) is 0 Å². The van der Waals surface area contributed by atoms with Crippen molar-refractivity contribution in [3.8, 4) is 0 Å². The molecular weight excluding hydrogens is 728 g/mol. The molecule has 13 heteroatoms. The van der Waals surface area contributed by atoms with E-state index in [2.05, 4.69) is 41.5 Å². The van der Waals surface area contributed by atoms with Crippen LogP contribution in [0, 0.1) is 5.92 Å². The molecule has 0 fully saturated rings. The fourth-order valence-corrected chi connectivity index (χ4v) is 13.1. The molecule has 0 saturated heterocycles. The minimum Gasteiger partial charge on any atom is -0.463 e. The van der Waals surface area contributed by atoms with Gasteiger partial charge < -0.3 is 32.8 Å². The molecule has 0 aliphatic heterocycles. The third-order valence-corrected chi connectivity index (χ3v) is 17.3. The molecule has 54 heavy (non-hydrogen) atoms. The van der Waals surface area contributed by atoms with Gasteiger partial charge in [-0.1, -0.05) is 96.1 Å². The smallest absolute Gasteiger partial charge is 0.337 e. The van der Waals surface area contributed by atoms with E-state index in [1.165, 1.54) is 26.4 Å². The number of carbonyl (C=O) groups is 4. The molecule has 0 aromatic rings. The Bertz CT molecular complexity index is 1330. The molecule has 0 heterocycles. The predicted octanol–water partition coefficient (Wildman–Crippen LogP) is 9.17. The molecule has 0 amide bonds. The van der Waals surface area contributed by atoms with Gasteiger partial charge in [0.2, 0.25) is 8.32 Å². The fourth-order valence-electron chi connectivity index (χ4n) is 6.57. The first kappa shape index (κ1) is 51.3. The summed E-state index contributed by atoms with van der Waals surface area (Å²) in [6, 6.07) is 0. The van der Waals surface area contributed by atoms with Gasteiger partial charge in [-0.15, -0.1) is 0 Å². The van der Waals surface area contributed by atoms with Crippen molar-refractivity contribution in [1.82, 2.24) is 0 Å². The van der Waals surface area contributed by atoms with Crippen LogP contribution in [0.1, 0.15) is 108 Å². The van der Waals surface area contributed by atoms with Crippen LogP contribution in [0.2, 0.25) is 16.6 Å². The molecule has 0 spiro atoms. The highest BCUT2D eigenvalue weighted by atomic mass is 31.2. The van der Waals surface area contributed by atoms with Gasteiger partial charge >= 0.3 is 19.5 Å². The lowest BCUT2D eigenvalue weighted by Gasteiger charge is -2.44. The Morgan fingerprint density at radius 2 is 1.46 bits per heavy atom. The number of Topliss-reactive ketones (excluding diaryl/α,β-unsaturated/α-hetero) is 1. The number of rotatable bonds is 28. The van der Waals surface area contributed by atoms with Crippen molar-refractivity contribution in [3.63, 3.8) is 0 Å². The maximum absolute atomic E-state index is 12.9. The molecule has 11 nitrogen and oxygen atoms in total. The maximum Gasteiger partial charge on any atom is 0.337 e. The molecule has 0 bridgehead atoms. The van der Waals surface area contributed by atoms with Gasteiger partial charge in [0, 0.05) is 45.1 Å². The van der Waals surface area contributed by atoms with E-state index in [1.54, 1.807) is 19.1 Å². The molecule has 0 aliphatic rings. The van der Waals surface area contributed by atoms with Gasteiger partial charge in [-0.25, -0.2) is 9.59 Å². The molecule has 0 aromatic carbocycles. The number of ether oxygens (including phenoxy) is 2. The second-order valence-corrected chi connectivity index (χ2v) is 22.3. The Morgan fingerprint density at radius 1 is 0.852 bits per heavy atom. The number of allylic oxidation sites excluding steroid dienone is 6. The lowest BCUT2D eigenvalue weighted by Crippen LogP contribution is -2.52. The van der Waals surface area contributed by atoms with Crippen LogP contribution in [0.5, 0.6) is 0 Å². The summed E-state index contributed by atoms with van der Waals surface area (Å²) in [4.78, 5) is 48.9. The first-order chi connectivity index (χ1) is 25.3. The van der Waals surface area contributed by atoms with E-state index >= 15 is 0 Å². The molecule has 0 rings (SSSR count). The van der Waals surface area contributed by atoms with Crippen molar-refractivity contribution in [2.24, 2.45) is 5.92 Å². The zero-order valence-corrected chi connectivity index (χ0v) is 36.8.